The van der Waals surface area contributed by atoms with Crippen LogP contribution in [0.2, 0.25) is 0 Å². The summed E-state index contributed by atoms with van der Waals surface area (Å²) in [6.45, 7) is 4.76. The van der Waals surface area contributed by atoms with E-state index in [1.54, 1.807) is 0 Å². The van der Waals surface area contributed by atoms with Crippen molar-refractivity contribution in [1.82, 2.24) is 9.55 Å². The van der Waals surface area contributed by atoms with E-state index in [2.05, 4.69) is 247 Å². The SMILES string of the molecule is CC1(C)c2cc(-c3ccccc3)ccc2-c2ccc(N(c3cccc4[nH]c5ccccc5c34)c3cccc4oc5ccc(-c6ccc7c8ccccc8n(-c8ccccc8)c7c6)cc5c34)cc21. The highest BCUT2D eigenvalue weighted by molar-refractivity contribution is 6.19. The maximum atomic E-state index is 6.80. The number of nitrogens with zero attached hydrogens (tertiary/aromatic N) is 2. The number of benzene rings is 10. The van der Waals surface area contributed by atoms with E-state index in [1.807, 2.05) is 0 Å². The summed E-state index contributed by atoms with van der Waals surface area (Å²) in [5.41, 5.74) is 20.5. The van der Waals surface area contributed by atoms with Crippen molar-refractivity contribution in [2.24, 2.45) is 0 Å². The second-order valence-electron chi connectivity index (χ2n) is 18.6. The number of nitrogens with one attached hydrogen (secondary N) is 1. The molecule has 0 bridgehead atoms. The third-order valence-electron chi connectivity index (χ3n) is 14.5. The molecule has 0 fully saturated rings. The summed E-state index contributed by atoms with van der Waals surface area (Å²) in [6.07, 6.45) is 0. The van der Waals surface area contributed by atoms with Crippen LogP contribution in [0.3, 0.4) is 0 Å². The lowest BCUT2D eigenvalue weighted by atomic mass is 9.81. The van der Waals surface area contributed by atoms with E-state index >= 15 is 0 Å². The van der Waals surface area contributed by atoms with Gasteiger partial charge in [0.05, 0.1) is 27.8 Å². The Kier molecular flexibility index (Phi) is 8.00. The van der Waals surface area contributed by atoms with Gasteiger partial charge in [0.1, 0.15) is 11.2 Å². The molecular formula is C63H43N3O. The van der Waals surface area contributed by atoms with Gasteiger partial charge in [0.2, 0.25) is 0 Å². The van der Waals surface area contributed by atoms with Crippen molar-refractivity contribution < 1.29 is 4.42 Å². The molecular weight excluding hydrogens is 815 g/mol. The predicted octanol–water partition coefficient (Wildman–Crippen LogP) is 17.4. The van der Waals surface area contributed by atoms with Crippen LogP contribution < -0.4 is 4.90 Å². The van der Waals surface area contributed by atoms with E-state index in [4.69, 9.17) is 4.42 Å². The van der Waals surface area contributed by atoms with Gasteiger partial charge in [0, 0.05) is 54.8 Å². The second-order valence-corrected chi connectivity index (χ2v) is 18.6. The molecule has 3 heterocycles. The minimum Gasteiger partial charge on any atom is -0.456 e. The largest absolute Gasteiger partial charge is 0.456 e. The zero-order valence-electron chi connectivity index (χ0n) is 37.1. The van der Waals surface area contributed by atoms with Crippen LogP contribution in [0.15, 0.2) is 223 Å². The molecule has 13 aromatic rings. The molecule has 0 saturated heterocycles. The first kappa shape index (κ1) is 37.7. The van der Waals surface area contributed by atoms with Crippen molar-refractivity contribution in [3.05, 3.63) is 230 Å². The van der Waals surface area contributed by atoms with Gasteiger partial charge >= 0.3 is 0 Å². The first-order chi connectivity index (χ1) is 33.0. The molecule has 0 amide bonds. The van der Waals surface area contributed by atoms with E-state index in [0.717, 1.165) is 66.8 Å². The number of hydrogen-bond acceptors (Lipinski definition) is 2. The van der Waals surface area contributed by atoms with Crippen LogP contribution in [0.1, 0.15) is 25.0 Å². The number of anilines is 3. The molecule has 10 aromatic carbocycles. The van der Waals surface area contributed by atoms with Crippen LogP contribution in [0.5, 0.6) is 0 Å². The van der Waals surface area contributed by atoms with Crippen molar-refractivity contribution in [2.45, 2.75) is 19.3 Å². The third kappa shape index (κ3) is 5.60. The van der Waals surface area contributed by atoms with Gasteiger partial charge in [-0.1, -0.05) is 147 Å². The smallest absolute Gasteiger partial charge is 0.137 e. The fourth-order valence-corrected chi connectivity index (χ4v) is 11.3. The van der Waals surface area contributed by atoms with E-state index in [1.165, 1.54) is 66.0 Å². The minimum absolute atomic E-state index is 0.236. The summed E-state index contributed by atoms with van der Waals surface area (Å²) in [5.74, 6) is 0. The van der Waals surface area contributed by atoms with E-state index < -0.39 is 0 Å². The van der Waals surface area contributed by atoms with E-state index in [0.29, 0.717) is 0 Å². The summed E-state index contributed by atoms with van der Waals surface area (Å²) in [4.78, 5) is 6.22. The van der Waals surface area contributed by atoms with E-state index in [-0.39, 0.29) is 5.41 Å². The van der Waals surface area contributed by atoms with Crippen LogP contribution in [-0.4, -0.2) is 9.55 Å². The normalized spacial score (nSPS) is 13.0. The Morgan fingerprint density at radius 3 is 1.90 bits per heavy atom. The first-order valence-electron chi connectivity index (χ1n) is 23.2. The Morgan fingerprint density at radius 1 is 0.418 bits per heavy atom. The molecule has 0 saturated carbocycles. The maximum absolute atomic E-state index is 6.80. The summed E-state index contributed by atoms with van der Waals surface area (Å²) in [5, 5.41) is 7.00. The van der Waals surface area contributed by atoms with Crippen LogP contribution in [-0.2, 0) is 5.41 Å². The monoisotopic (exact) mass is 857 g/mol. The fourth-order valence-electron chi connectivity index (χ4n) is 11.3. The molecule has 316 valence electrons. The highest BCUT2D eigenvalue weighted by atomic mass is 16.3. The number of rotatable bonds is 6. The standard InChI is InChI=1S/C63H43N3O/c1-63(2)51-36-41(39-15-5-3-6-16-39)27-31-45(51)46-33-30-44(38-52(46)63)66(56-24-13-22-54-61(56)49-20-9-11-21-53(49)64-54)57-25-14-26-60-62(57)50-35-40(29-34-59(50)67-60)42-28-32-48-47-19-10-12-23-55(47)65(58(48)37-42)43-17-7-4-8-18-43/h3-38,64H,1-2H3. The second kappa shape index (κ2) is 14.2. The number of hydrogen-bond donors (Lipinski definition) is 1. The van der Waals surface area contributed by atoms with Crippen molar-refractivity contribution >= 4 is 82.6 Å². The molecule has 1 N–H and O–H groups in total. The number of aromatic nitrogens is 2. The molecule has 1 aliphatic rings. The molecule has 0 unspecified atom stereocenters. The highest BCUT2D eigenvalue weighted by Crippen LogP contribution is 2.53. The van der Waals surface area contributed by atoms with Gasteiger partial charge in [-0.15, -0.1) is 0 Å². The summed E-state index contributed by atoms with van der Waals surface area (Å²) in [6, 6.07) is 79.6. The zero-order valence-corrected chi connectivity index (χ0v) is 37.1. The van der Waals surface area contributed by atoms with Crippen molar-refractivity contribution in [2.75, 3.05) is 4.90 Å². The Morgan fingerprint density at radius 2 is 1.04 bits per heavy atom. The van der Waals surface area contributed by atoms with Crippen LogP contribution in [0.25, 0.3) is 105 Å². The van der Waals surface area contributed by atoms with Crippen molar-refractivity contribution in [1.29, 1.82) is 0 Å². The molecule has 4 heteroatoms. The third-order valence-corrected chi connectivity index (χ3v) is 14.5. The van der Waals surface area contributed by atoms with Gasteiger partial charge in [-0.25, -0.2) is 0 Å². The summed E-state index contributed by atoms with van der Waals surface area (Å²) >= 11 is 0. The minimum atomic E-state index is -0.236. The maximum Gasteiger partial charge on any atom is 0.137 e. The molecule has 0 atom stereocenters. The molecule has 0 radical (unpaired) electrons. The molecule has 4 nitrogen and oxygen atoms in total. The zero-order chi connectivity index (χ0) is 44.4. The summed E-state index contributed by atoms with van der Waals surface area (Å²) in [7, 11) is 0. The van der Waals surface area contributed by atoms with Crippen LogP contribution >= 0.6 is 0 Å². The van der Waals surface area contributed by atoms with Gasteiger partial charge in [-0.2, -0.15) is 0 Å². The van der Waals surface area contributed by atoms with Crippen molar-refractivity contribution in [3.63, 3.8) is 0 Å². The number of para-hydroxylation sites is 3. The first-order valence-corrected chi connectivity index (χ1v) is 23.2. The molecule has 67 heavy (non-hydrogen) atoms. The van der Waals surface area contributed by atoms with Gasteiger partial charge < -0.3 is 18.9 Å². The molecule has 1 aliphatic carbocycles. The van der Waals surface area contributed by atoms with E-state index in [9.17, 15) is 0 Å². The van der Waals surface area contributed by atoms with Gasteiger partial charge in [0.15, 0.2) is 0 Å². The molecule has 3 aromatic heterocycles. The quantitative estimate of drug-likeness (QED) is 0.181. The Balaban J connectivity index is 0.982. The van der Waals surface area contributed by atoms with Crippen molar-refractivity contribution in [3.8, 4) is 39.1 Å². The topological polar surface area (TPSA) is 37.1 Å². The number of fused-ring (bicyclic) bond motifs is 12. The van der Waals surface area contributed by atoms with Gasteiger partial charge in [0.25, 0.3) is 0 Å². The number of aromatic amines is 1. The lowest BCUT2D eigenvalue weighted by Gasteiger charge is -2.29. The van der Waals surface area contributed by atoms with Crippen LogP contribution in [0.4, 0.5) is 17.1 Å². The number of H-pyrrole nitrogens is 1. The Bertz CT molecular complexity index is 4130. The molecule has 0 spiro atoms. The fraction of sp³-hybridized carbons (Fsp3) is 0.0476. The van der Waals surface area contributed by atoms with Gasteiger partial charge in [-0.05, 0) is 129 Å². The lowest BCUT2D eigenvalue weighted by Crippen LogP contribution is -2.17. The molecule has 14 rings (SSSR count). The van der Waals surface area contributed by atoms with Gasteiger partial charge in [-0.3, -0.25) is 0 Å². The average molecular weight is 858 g/mol. The molecule has 0 aliphatic heterocycles. The average Bonchev–Trinajstić information content (AvgIpc) is 4.11. The van der Waals surface area contributed by atoms with Crippen LogP contribution in [0, 0.1) is 0 Å². The lowest BCUT2D eigenvalue weighted by molar-refractivity contribution is 0.660. The summed E-state index contributed by atoms with van der Waals surface area (Å²) < 4.78 is 9.18. The number of furan rings is 1. The Hall–Kier alpha value is -8.60. The predicted molar refractivity (Wildman–Crippen MR) is 281 cm³/mol. The Labute approximate surface area is 387 Å². The highest BCUT2D eigenvalue weighted by Gasteiger charge is 2.37.